The molecule has 2 heteroatoms. The molecule has 8 unspecified atom stereocenters. The lowest BCUT2D eigenvalue weighted by Gasteiger charge is -2.65. The average molecular weight is 297 g/mol. The van der Waals surface area contributed by atoms with E-state index in [0.717, 1.165) is 17.9 Å². The molecule has 0 aromatic rings. The van der Waals surface area contributed by atoms with Gasteiger partial charge in [-0.15, -0.1) is 0 Å². The first kappa shape index (κ1) is 12.1. The maximum absolute atomic E-state index is 6.72. The van der Waals surface area contributed by atoms with Crippen LogP contribution in [-0.2, 0) is 4.74 Å². The summed E-state index contributed by atoms with van der Waals surface area (Å²) in [5, 5.41) is 0. The lowest BCUT2D eigenvalue weighted by Crippen LogP contribution is -2.66. The fourth-order valence-corrected chi connectivity index (χ4v) is 10.4. The Hall–Kier alpha value is -0.340. The molecule has 9 fully saturated rings. The Bertz CT molecular complexity index is 658. The van der Waals surface area contributed by atoms with Crippen molar-refractivity contribution >= 4 is 0 Å². The second-order valence-electron chi connectivity index (χ2n) is 10.6. The number of fused-ring (bicyclic) bond motifs is 1. The first-order chi connectivity index (χ1) is 10.5. The molecule has 0 aromatic heterocycles. The molecule has 10 atom stereocenters. The summed E-state index contributed by atoms with van der Waals surface area (Å²) in [6, 6.07) is 0.757. The Morgan fingerprint density at radius 1 is 1.27 bits per heavy atom. The highest BCUT2D eigenvalue weighted by molar-refractivity contribution is 5.43. The van der Waals surface area contributed by atoms with Gasteiger partial charge in [-0.05, 0) is 67.3 Å². The molecule has 5 saturated heterocycles. The SMILES string of the molecule is C=C1CC23C[C@]4(C)C5C67CCC[C@]5(C)CN4C6C2OC1CC37. The van der Waals surface area contributed by atoms with Gasteiger partial charge in [0.15, 0.2) is 0 Å². The van der Waals surface area contributed by atoms with Crippen molar-refractivity contribution in [3.05, 3.63) is 12.2 Å². The van der Waals surface area contributed by atoms with E-state index in [-0.39, 0.29) is 0 Å². The molecule has 22 heavy (non-hydrogen) atoms. The van der Waals surface area contributed by atoms with E-state index >= 15 is 0 Å². The van der Waals surface area contributed by atoms with Crippen molar-refractivity contribution in [3.8, 4) is 0 Å². The number of nitrogens with zero attached hydrogens (tertiary/aromatic N) is 1. The molecule has 0 aromatic carbocycles. The van der Waals surface area contributed by atoms with Gasteiger partial charge in [0.25, 0.3) is 0 Å². The van der Waals surface area contributed by atoms with Crippen LogP contribution in [0.5, 0.6) is 0 Å². The zero-order chi connectivity index (χ0) is 14.7. The number of hydrogen-bond acceptors (Lipinski definition) is 2. The van der Waals surface area contributed by atoms with Gasteiger partial charge in [0.05, 0.1) is 12.2 Å². The minimum atomic E-state index is 0.398. The molecule has 118 valence electrons. The maximum atomic E-state index is 6.72. The molecule has 5 heterocycles. The number of ether oxygens (including phenoxy) is 1. The largest absolute Gasteiger partial charge is 0.368 e. The van der Waals surface area contributed by atoms with Gasteiger partial charge < -0.3 is 4.74 Å². The standard InChI is InChI=1S/C20H27NO/c1-11-8-19-9-18(3)16-17(2)5-4-6-20(16)13(19)7-12(11)22-15(19)14(20)21(18)10-17/h12-16H,1,4-10H2,2-3H3/t12?,13?,14?,15?,16?,17-,18-,19?,20?/m1/s1. The van der Waals surface area contributed by atoms with Gasteiger partial charge in [-0.25, -0.2) is 0 Å². The van der Waals surface area contributed by atoms with Crippen LogP contribution in [0.1, 0.15) is 52.4 Å². The van der Waals surface area contributed by atoms with Gasteiger partial charge in [-0.1, -0.05) is 19.9 Å². The van der Waals surface area contributed by atoms with Crippen LogP contribution in [0.2, 0.25) is 0 Å². The Kier molecular flexibility index (Phi) is 1.58. The Morgan fingerprint density at radius 3 is 3.00 bits per heavy atom. The lowest BCUT2D eigenvalue weighted by atomic mass is 9.41. The van der Waals surface area contributed by atoms with Gasteiger partial charge >= 0.3 is 0 Å². The fraction of sp³-hybridized carbons (Fsp3) is 0.900. The minimum Gasteiger partial charge on any atom is -0.368 e. The van der Waals surface area contributed by atoms with Gasteiger partial charge in [-0.3, -0.25) is 4.90 Å². The number of hydrogen-bond donors (Lipinski definition) is 0. The highest BCUT2D eigenvalue weighted by Crippen LogP contribution is 2.87. The van der Waals surface area contributed by atoms with Crippen molar-refractivity contribution in [3.63, 3.8) is 0 Å². The van der Waals surface area contributed by atoms with Crippen molar-refractivity contribution in [1.82, 2.24) is 4.90 Å². The second kappa shape index (κ2) is 2.88. The van der Waals surface area contributed by atoms with E-state index in [9.17, 15) is 0 Å². The van der Waals surface area contributed by atoms with Crippen molar-refractivity contribution in [2.45, 2.75) is 76.2 Å². The van der Waals surface area contributed by atoms with Crippen molar-refractivity contribution in [2.75, 3.05) is 6.54 Å². The lowest BCUT2D eigenvalue weighted by molar-refractivity contribution is -0.213. The molecular weight excluding hydrogens is 270 g/mol. The summed E-state index contributed by atoms with van der Waals surface area (Å²) in [7, 11) is 0. The molecule has 4 saturated carbocycles. The van der Waals surface area contributed by atoms with Gasteiger partial charge in [0.2, 0.25) is 0 Å². The van der Waals surface area contributed by atoms with Crippen molar-refractivity contribution in [1.29, 1.82) is 0 Å². The van der Waals surface area contributed by atoms with E-state index in [2.05, 4.69) is 25.3 Å². The molecule has 9 bridgehead atoms. The Balaban J connectivity index is 1.55. The molecule has 0 N–H and O–H groups in total. The summed E-state index contributed by atoms with van der Waals surface area (Å²) in [5.74, 6) is 1.89. The predicted octanol–water partition coefficient (Wildman–Crippen LogP) is 3.37. The van der Waals surface area contributed by atoms with Gasteiger partial charge in [-0.2, -0.15) is 0 Å². The monoisotopic (exact) mass is 297 g/mol. The molecule has 0 radical (unpaired) electrons. The zero-order valence-electron chi connectivity index (χ0n) is 13.9. The zero-order valence-corrected chi connectivity index (χ0v) is 13.9. The molecule has 9 aliphatic rings. The molecular formula is C20H27NO. The van der Waals surface area contributed by atoms with Gasteiger partial charge in [0, 0.05) is 23.5 Å². The van der Waals surface area contributed by atoms with Crippen molar-refractivity contribution < 1.29 is 4.74 Å². The Labute approximate surface area is 133 Å². The summed E-state index contributed by atoms with van der Waals surface area (Å²) in [6.07, 6.45) is 9.38. The third-order valence-corrected chi connectivity index (χ3v) is 9.94. The van der Waals surface area contributed by atoms with E-state index in [1.54, 1.807) is 0 Å². The first-order valence-corrected chi connectivity index (χ1v) is 9.56. The molecule has 9 rings (SSSR count). The normalized spacial score (nSPS) is 75.1. The molecule has 0 amide bonds. The number of rotatable bonds is 0. The molecule has 2 spiro atoms. The van der Waals surface area contributed by atoms with Gasteiger partial charge in [0.1, 0.15) is 0 Å². The molecule has 5 aliphatic heterocycles. The third kappa shape index (κ3) is 0.815. The summed E-state index contributed by atoms with van der Waals surface area (Å²) in [4.78, 5) is 2.98. The van der Waals surface area contributed by atoms with Crippen molar-refractivity contribution in [2.24, 2.45) is 28.1 Å². The van der Waals surface area contributed by atoms with Crippen LogP contribution in [-0.4, -0.2) is 35.2 Å². The topological polar surface area (TPSA) is 12.5 Å². The molecule has 4 aliphatic carbocycles. The van der Waals surface area contributed by atoms with Crippen LogP contribution in [0, 0.1) is 28.1 Å². The predicted molar refractivity (Wildman–Crippen MR) is 84.4 cm³/mol. The van der Waals surface area contributed by atoms with E-state index in [4.69, 9.17) is 4.74 Å². The second-order valence-corrected chi connectivity index (χ2v) is 10.6. The quantitative estimate of drug-likeness (QED) is 0.636. The average Bonchev–Trinajstić information content (AvgIpc) is 2.78. The highest BCUT2D eigenvalue weighted by atomic mass is 16.5. The summed E-state index contributed by atoms with van der Waals surface area (Å²) >= 11 is 0. The van der Waals surface area contributed by atoms with Crippen LogP contribution in [0.15, 0.2) is 12.2 Å². The molecule has 2 nitrogen and oxygen atoms in total. The Morgan fingerprint density at radius 2 is 2.14 bits per heavy atom. The summed E-state index contributed by atoms with van der Waals surface area (Å²) in [6.45, 7) is 11.0. The summed E-state index contributed by atoms with van der Waals surface area (Å²) < 4.78 is 6.72. The smallest absolute Gasteiger partial charge is 0.0806 e. The van der Waals surface area contributed by atoms with Crippen LogP contribution in [0.4, 0.5) is 0 Å². The maximum Gasteiger partial charge on any atom is 0.0806 e. The van der Waals surface area contributed by atoms with Crippen LogP contribution < -0.4 is 0 Å². The highest BCUT2D eigenvalue weighted by Gasteiger charge is 2.90. The van der Waals surface area contributed by atoms with Crippen LogP contribution in [0.3, 0.4) is 0 Å². The minimum absolute atomic E-state index is 0.398. The van der Waals surface area contributed by atoms with E-state index in [0.29, 0.717) is 34.0 Å². The van der Waals surface area contributed by atoms with Crippen LogP contribution in [0.25, 0.3) is 0 Å². The van der Waals surface area contributed by atoms with Crippen LogP contribution >= 0.6 is 0 Å². The first-order valence-electron chi connectivity index (χ1n) is 9.56. The summed E-state index contributed by atoms with van der Waals surface area (Å²) in [5.41, 5.74) is 3.58. The van der Waals surface area contributed by atoms with E-state index < -0.39 is 0 Å². The fourth-order valence-electron chi connectivity index (χ4n) is 10.4. The number of piperidine rings is 2. The van der Waals surface area contributed by atoms with E-state index in [1.165, 1.54) is 50.6 Å². The van der Waals surface area contributed by atoms with E-state index in [1.807, 2.05) is 0 Å². The third-order valence-electron chi connectivity index (χ3n) is 9.94.